The van der Waals surface area contributed by atoms with Crippen LogP contribution in [0.3, 0.4) is 0 Å². The Balaban J connectivity index is 2.36. The molecule has 18 heavy (non-hydrogen) atoms. The van der Waals surface area contributed by atoms with Crippen molar-refractivity contribution in [3.63, 3.8) is 0 Å². The van der Waals surface area contributed by atoms with Gasteiger partial charge in [0.1, 0.15) is 5.75 Å². The third kappa shape index (κ3) is 4.94. The minimum atomic E-state index is -0.135. The Morgan fingerprint density at radius 3 is 2.83 bits per heavy atom. The largest absolute Gasteiger partial charge is 0.484 e. The molecular formula is C13H19ClN2O2. The van der Waals surface area contributed by atoms with Gasteiger partial charge in [0.05, 0.1) is 0 Å². The molecule has 1 rings (SSSR count). The highest BCUT2D eigenvalue weighted by Crippen LogP contribution is 2.20. The fraction of sp³-hybridized carbons (Fsp3) is 0.462. The first-order chi connectivity index (χ1) is 8.52. The molecule has 0 heterocycles. The molecule has 1 amide bonds. The summed E-state index contributed by atoms with van der Waals surface area (Å²) in [5.74, 6) is 0.512. The molecule has 2 N–H and O–H groups in total. The van der Waals surface area contributed by atoms with Gasteiger partial charge in [0.2, 0.25) is 0 Å². The number of amides is 1. The van der Waals surface area contributed by atoms with Gasteiger partial charge in [0.15, 0.2) is 6.61 Å². The van der Waals surface area contributed by atoms with Gasteiger partial charge in [0.25, 0.3) is 5.91 Å². The SMILES string of the molecule is CNC(C)CNC(=O)COc1ccc(Cl)c(C)c1. The quantitative estimate of drug-likeness (QED) is 0.828. The number of halogens is 1. The second-order valence-electron chi connectivity index (χ2n) is 4.19. The lowest BCUT2D eigenvalue weighted by atomic mass is 10.2. The van der Waals surface area contributed by atoms with Crippen molar-refractivity contribution in [2.45, 2.75) is 19.9 Å². The average molecular weight is 271 g/mol. The Hall–Kier alpha value is -1.26. The molecule has 100 valence electrons. The van der Waals surface area contributed by atoms with E-state index < -0.39 is 0 Å². The van der Waals surface area contributed by atoms with E-state index in [1.165, 1.54) is 0 Å². The van der Waals surface area contributed by atoms with E-state index in [2.05, 4.69) is 10.6 Å². The van der Waals surface area contributed by atoms with Crippen molar-refractivity contribution < 1.29 is 9.53 Å². The Morgan fingerprint density at radius 2 is 2.22 bits per heavy atom. The number of ether oxygens (including phenoxy) is 1. The van der Waals surface area contributed by atoms with Crippen molar-refractivity contribution in [1.29, 1.82) is 0 Å². The number of rotatable bonds is 6. The normalized spacial score (nSPS) is 12.0. The second-order valence-corrected chi connectivity index (χ2v) is 4.60. The van der Waals surface area contributed by atoms with Crippen LogP contribution in [0.4, 0.5) is 0 Å². The summed E-state index contributed by atoms with van der Waals surface area (Å²) in [6.45, 7) is 4.48. The first-order valence-corrected chi connectivity index (χ1v) is 6.23. The molecule has 1 unspecified atom stereocenters. The second kappa shape index (κ2) is 7.24. The van der Waals surface area contributed by atoms with E-state index in [0.717, 1.165) is 5.56 Å². The van der Waals surface area contributed by atoms with Gasteiger partial charge in [-0.25, -0.2) is 0 Å². The maximum absolute atomic E-state index is 11.5. The molecule has 0 aliphatic heterocycles. The van der Waals surface area contributed by atoms with E-state index in [0.29, 0.717) is 17.3 Å². The van der Waals surface area contributed by atoms with Crippen LogP contribution in [0.5, 0.6) is 5.75 Å². The van der Waals surface area contributed by atoms with E-state index in [9.17, 15) is 4.79 Å². The molecule has 1 aromatic rings. The standard InChI is InChI=1S/C13H19ClN2O2/c1-9-6-11(4-5-12(9)14)18-8-13(17)16-7-10(2)15-3/h4-6,10,15H,7-8H2,1-3H3,(H,16,17). The number of likely N-dealkylation sites (N-methyl/N-ethyl adjacent to an activating group) is 1. The zero-order valence-electron chi connectivity index (χ0n) is 10.9. The number of benzene rings is 1. The molecule has 0 saturated heterocycles. The molecule has 5 heteroatoms. The molecular weight excluding hydrogens is 252 g/mol. The highest BCUT2D eigenvalue weighted by Gasteiger charge is 2.05. The molecule has 0 aromatic heterocycles. The predicted molar refractivity (Wildman–Crippen MR) is 73.2 cm³/mol. The van der Waals surface area contributed by atoms with Gasteiger partial charge in [0, 0.05) is 17.6 Å². The highest BCUT2D eigenvalue weighted by molar-refractivity contribution is 6.31. The Labute approximate surface area is 113 Å². The van der Waals surface area contributed by atoms with Crippen LogP contribution in [0.1, 0.15) is 12.5 Å². The summed E-state index contributed by atoms with van der Waals surface area (Å²) in [5, 5.41) is 6.50. The van der Waals surface area contributed by atoms with E-state index in [1.807, 2.05) is 27.0 Å². The Bertz CT molecular complexity index is 410. The Kier molecular flexibility index (Phi) is 5.95. The van der Waals surface area contributed by atoms with E-state index in [-0.39, 0.29) is 18.6 Å². The predicted octanol–water partition coefficient (Wildman–Crippen LogP) is 1.75. The zero-order valence-corrected chi connectivity index (χ0v) is 11.7. The van der Waals surface area contributed by atoms with Gasteiger partial charge < -0.3 is 15.4 Å². The van der Waals surface area contributed by atoms with E-state index in [1.54, 1.807) is 12.1 Å². The minimum absolute atomic E-state index is 0.0114. The summed E-state index contributed by atoms with van der Waals surface area (Å²) in [6, 6.07) is 5.56. The highest BCUT2D eigenvalue weighted by atomic mass is 35.5. The summed E-state index contributed by atoms with van der Waals surface area (Å²) >= 11 is 5.90. The molecule has 4 nitrogen and oxygen atoms in total. The van der Waals surface area contributed by atoms with E-state index in [4.69, 9.17) is 16.3 Å². The monoisotopic (exact) mass is 270 g/mol. The van der Waals surface area contributed by atoms with Gasteiger partial charge in [-0.05, 0) is 44.7 Å². The van der Waals surface area contributed by atoms with E-state index >= 15 is 0 Å². The summed E-state index contributed by atoms with van der Waals surface area (Å²) in [5.41, 5.74) is 0.929. The molecule has 1 aromatic carbocycles. The third-order valence-electron chi connectivity index (χ3n) is 2.60. The van der Waals surface area contributed by atoms with Crippen molar-refractivity contribution in [2.24, 2.45) is 0 Å². The van der Waals surface area contributed by atoms with Crippen LogP contribution in [0.25, 0.3) is 0 Å². The van der Waals surface area contributed by atoms with Crippen LogP contribution >= 0.6 is 11.6 Å². The summed E-state index contributed by atoms with van der Waals surface area (Å²) < 4.78 is 5.38. The molecule has 0 radical (unpaired) electrons. The number of aryl methyl sites for hydroxylation is 1. The van der Waals surface area contributed by atoms with Gasteiger partial charge in [-0.2, -0.15) is 0 Å². The fourth-order valence-corrected chi connectivity index (χ4v) is 1.39. The van der Waals surface area contributed by atoms with Gasteiger partial charge in [-0.15, -0.1) is 0 Å². The average Bonchev–Trinajstić information content (AvgIpc) is 2.37. The van der Waals surface area contributed by atoms with Crippen molar-refractivity contribution in [2.75, 3.05) is 20.2 Å². The lowest BCUT2D eigenvalue weighted by molar-refractivity contribution is -0.123. The number of carbonyl (C=O) groups is 1. The summed E-state index contributed by atoms with van der Waals surface area (Å²) in [4.78, 5) is 11.5. The van der Waals surface area contributed by atoms with Gasteiger partial charge >= 0.3 is 0 Å². The molecule has 0 aliphatic carbocycles. The molecule has 0 aliphatic rings. The lowest BCUT2D eigenvalue weighted by Crippen LogP contribution is -2.39. The molecule has 1 atom stereocenters. The first kappa shape index (κ1) is 14.8. The number of carbonyl (C=O) groups excluding carboxylic acids is 1. The van der Waals surface area contributed by atoms with Crippen LogP contribution in [0.15, 0.2) is 18.2 Å². The zero-order chi connectivity index (χ0) is 13.5. The minimum Gasteiger partial charge on any atom is -0.484 e. The summed E-state index contributed by atoms with van der Waals surface area (Å²) in [6.07, 6.45) is 0. The van der Waals surface area contributed by atoms with Gasteiger partial charge in [-0.1, -0.05) is 11.6 Å². The van der Waals surface area contributed by atoms with Crippen molar-refractivity contribution in [3.05, 3.63) is 28.8 Å². The van der Waals surface area contributed by atoms with Crippen molar-refractivity contribution in [3.8, 4) is 5.75 Å². The summed E-state index contributed by atoms with van der Waals surface area (Å²) in [7, 11) is 1.85. The lowest BCUT2D eigenvalue weighted by Gasteiger charge is -2.12. The van der Waals surface area contributed by atoms with Crippen molar-refractivity contribution in [1.82, 2.24) is 10.6 Å². The van der Waals surface area contributed by atoms with Gasteiger partial charge in [-0.3, -0.25) is 4.79 Å². The maximum Gasteiger partial charge on any atom is 0.257 e. The number of hydrogen-bond donors (Lipinski definition) is 2. The molecule has 0 bridgehead atoms. The number of hydrogen-bond acceptors (Lipinski definition) is 3. The Morgan fingerprint density at radius 1 is 1.50 bits per heavy atom. The maximum atomic E-state index is 11.5. The molecule has 0 fully saturated rings. The van der Waals surface area contributed by atoms with Crippen LogP contribution in [0.2, 0.25) is 5.02 Å². The smallest absolute Gasteiger partial charge is 0.257 e. The fourth-order valence-electron chi connectivity index (χ4n) is 1.28. The van der Waals surface area contributed by atoms with Crippen LogP contribution in [-0.2, 0) is 4.79 Å². The first-order valence-electron chi connectivity index (χ1n) is 5.86. The topological polar surface area (TPSA) is 50.4 Å². The molecule has 0 spiro atoms. The van der Waals surface area contributed by atoms with Crippen LogP contribution in [0, 0.1) is 6.92 Å². The number of nitrogens with one attached hydrogen (secondary N) is 2. The third-order valence-corrected chi connectivity index (χ3v) is 3.02. The van der Waals surface area contributed by atoms with Crippen molar-refractivity contribution >= 4 is 17.5 Å². The van der Waals surface area contributed by atoms with Crippen LogP contribution < -0.4 is 15.4 Å². The molecule has 0 saturated carbocycles. The van der Waals surface area contributed by atoms with Crippen LogP contribution in [-0.4, -0.2) is 32.1 Å².